The summed E-state index contributed by atoms with van der Waals surface area (Å²) >= 11 is 18.3. The zero-order valence-corrected chi connectivity index (χ0v) is 15.2. The van der Waals surface area contributed by atoms with Crippen LogP contribution < -0.4 is 5.73 Å². The minimum absolute atomic E-state index is 0.227. The van der Waals surface area contributed by atoms with Crippen molar-refractivity contribution in [3.8, 4) is 6.07 Å². The maximum Gasteiger partial charge on any atom is 0.130 e. The molecule has 2 unspecified atom stereocenters. The lowest BCUT2D eigenvalue weighted by molar-refractivity contribution is 0.643. The number of hydrogen-bond acceptors (Lipinski definition) is 4. The van der Waals surface area contributed by atoms with Gasteiger partial charge < -0.3 is 5.73 Å². The molecule has 7 heteroatoms. The number of halogens is 3. The van der Waals surface area contributed by atoms with Crippen LogP contribution in [0.3, 0.4) is 0 Å². The van der Waals surface area contributed by atoms with Gasteiger partial charge in [0.2, 0.25) is 0 Å². The molecule has 4 nitrogen and oxygen atoms in total. The molecule has 1 aliphatic rings. The summed E-state index contributed by atoms with van der Waals surface area (Å²) in [6.07, 6.45) is 0.459. The summed E-state index contributed by atoms with van der Waals surface area (Å²) in [6, 6.07) is 14.2. The number of nitrogens with two attached hydrogens (primary N) is 1. The van der Waals surface area contributed by atoms with Crippen LogP contribution in [0, 0.1) is 17.2 Å². The summed E-state index contributed by atoms with van der Waals surface area (Å²) in [7, 11) is 0. The number of aliphatic imine (C=N–C) groups is 2. The minimum Gasteiger partial charge on any atom is -0.386 e. The van der Waals surface area contributed by atoms with E-state index in [4.69, 9.17) is 40.5 Å². The van der Waals surface area contributed by atoms with Crippen molar-refractivity contribution in [3.05, 3.63) is 68.7 Å². The van der Waals surface area contributed by atoms with Crippen LogP contribution in [0.25, 0.3) is 0 Å². The highest BCUT2D eigenvalue weighted by molar-refractivity contribution is 6.35. The molecule has 0 saturated heterocycles. The van der Waals surface area contributed by atoms with Gasteiger partial charge in [0.25, 0.3) is 0 Å². The van der Waals surface area contributed by atoms with Crippen molar-refractivity contribution in [3.63, 3.8) is 0 Å². The van der Waals surface area contributed by atoms with Crippen LogP contribution >= 0.6 is 34.8 Å². The number of benzene rings is 2. The molecule has 126 valence electrons. The fraction of sp³-hybridized carbons (Fsp3) is 0.167. The van der Waals surface area contributed by atoms with Crippen molar-refractivity contribution in [1.29, 1.82) is 5.26 Å². The van der Waals surface area contributed by atoms with Gasteiger partial charge in [-0.3, -0.25) is 4.99 Å². The Labute approximate surface area is 160 Å². The first kappa shape index (κ1) is 17.8. The molecular weight excluding hydrogens is 379 g/mol. The fourth-order valence-corrected chi connectivity index (χ4v) is 3.42. The highest BCUT2D eigenvalue weighted by Crippen LogP contribution is 2.35. The van der Waals surface area contributed by atoms with E-state index in [0.717, 1.165) is 5.56 Å². The molecule has 1 aliphatic heterocycles. The molecular formula is C18H13Cl3N4. The topological polar surface area (TPSA) is 74.5 Å². The van der Waals surface area contributed by atoms with Gasteiger partial charge in [-0.25, -0.2) is 4.99 Å². The van der Waals surface area contributed by atoms with Crippen molar-refractivity contribution in [1.82, 2.24) is 0 Å². The molecule has 0 amide bonds. The second-order valence-corrected chi connectivity index (χ2v) is 6.89. The second-order valence-electron chi connectivity index (χ2n) is 5.61. The average molecular weight is 392 g/mol. The molecule has 3 rings (SSSR count). The molecule has 2 aromatic carbocycles. The van der Waals surface area contributed by atoms with E-state index < -0.39 is 12.0 Å². The van der Waals surface area contributed by atoms with E-state index in [0.29, 0.717) is 32.9 Å². The monoisotopic (exact) mass is 390 g/mol. The van der Waals surface area contributed by atoms with Gasteiger partial charge in [0.1, 0.15) is 23.6 Å². The molecule has 0 aliphatic carbocycles. The number of nitriles is 1. The summed E-state index contributed by atoms with van der Waals surface area (Å²) in [6.45, 7) is 0. The first-order chi connectivity index (χ1) is 12.0. The van der Waals surface area contributed by atoms with Gasteiger partial charge >= 0.3 is 0 Å². The Morgan fingerprint density at radius 2 is 1.84 bits per heavy atom. The van der Waals surface area contributed by atoms with Crippen LogP contribution in [0.5, 0.6) is 0 Å². The predicted molar refractivity (Wildman–Crippen MR) is 103 cm³/mol. The van der Waals surface area contributed by atoms with Crippen LogP contribution in [0.4, 0.5) is 0 Å². The maximum atomic E-state index is 9.48. The molecule has 2 N–H and O–H groups in total. The smallest absolute Gasteiger partial charge is 0.130 e. The van der Waals surface area contributed by atoms with E-state index in [-0.39, 0.29) is 5.84 Å². The Hall–Kier alpha value is -2.06. The summed E-state index contributed by atoms with van der Waals surface area (Å²) in [5.74, 6) is 0.0783. The summed E-state index contributed by atoms with van der Waals surface area (Å²) in [5.41, 5.74) is 7.67. The van der Waals surface area contributed by atoms with Gasteiger partial charge in [-0.2, -0.15) is 5.26 Å². The third-order valence-corrected chi connectivity index (χ3v) is 4.65. The zero-order valence-electron chi connectivity index (χ0n) is 13.0. The quantitative estimate of drug-likeness (QED) is 0.813. The molecule has 0 radical (unpaired) electrons. The van der Waals surface area contributed by atoms with Crippen molar-refractivity contribution in [2.24, 2.45) is 21.6 Å². The van der Waals surface area contributed by atoms with Crippen LogP contribution in [0.1, 0.15) is 17.2 Å². The number of rotatable bonds is 3. The van der Waals surface area contributed by atoms with Crippen LogP contribution in [-0.4, -0.2) is 11.7 Å². The molecule has 0 saturated carbocycles. The normalized spacial score (nSPS) is 19.8. The van der Waals surface area contributed by atoms with Gasteiger partial charge in [0.15, 0.2) is 0 Å². The lowest BCUT2D eigenvalue weighted by Gasteiger charge is -2.24. The van der Waals surface area contributed by atoms with Gasteiger partial charge in [0.05, 0.1) is 6.07 Å². The van der Waals surface area contributed by atoms with Gasteiger partial charge in [-0.1, -0.05) is 53.0 Å². The summed E-state index contributed by atoms with van der Waals surface area (Å²) in [5, 5.41) is 11.1. The van der Waals surface area contributed by atoms with Crippen molar-refractivity contribution in [2.45, 2.75) is 12.5 Å². The molecule has 2 aromatic rings. The number of hydrogen-bond donors (Lipinski definition) is 1. The maximum absolute atomic E-state index is 9.48. The van der Waals surface area contributed by atoms with Crippen LogP contribution in [0.2, 0.25) is 15.1 Å². The molecule has 0 aromatic heterocycles. The molecule has 0 fully saturated rings. The standard InChI is InChI=1S/C18H13Cl3N4/c19-11-3-1-2-10(6-11)7-16-24-17(14(9-22)18(23)25-16)13-5-4-12(20)8-15(13)21/h1-6,8,14,17H,7H2,(H2,23,24,25). The molecule has 0 bridgehead atoms. The Kier molecular flexibility index (Phi) is 5.29. The van der Waals surface area contributed by atoms with Crippen molar-refractivity contribution in [2.75, 3.05) is 0 Å². The molecule has 0 spiro atoms. The van der Waals surface area contributed by atoms with E-state index >= 15 is 0 Å². The Balaban J connectivity index is 1.99. The number of amidine groups is 2. The van der Waals surface area contributed by atoms with E-state index in [9.17, 15) is 5.26 Å². The largest absolute Gasteiger partial charge is 0.386 e. The van der Waals surface area contributed by atoms with E-state index in [1.807, 2.05) is 18.2 Å². The van der Waals surface area contributed by atoms with Crippen molar-refractivity contribution >= 4 is 46.5 Å². The van der Waals surface area contributed by atoms with E-state index in [1.54, 1.807) is 24.3 Å². The molecule has 2 atom stereocenters. The highest BCUT2D eigenvalue weighted by atomic mass is 35.5. The number of nitrogens with zero attached hydrogens (tertiary/aromatic N) is 3. The highest BCUT2D eigenvalue weighted by Gasteiger charge is 2.31. The minimum atomic E-state index is -0.679. The first-order valence-corrected chi connectivity index (χ1v) is 8.61. The van der Waals surface area contributed by atoms with Gasteiger partial charge in [-0.15, -0.1) is 0 Å². The lowest BCUT2D eigenvalue weighted by Crippen LogP contribution is -2.32. The summed E-state index contributed by atoms with van der Waals surface area (Å²) in [4.78, 5) is 8.92. The first-order valence-electron chi connectivity index (χ1n) is 7.47. The third kappa shape index (κ3) is 3.96. The average Bonchev–Trinajstić information content (AvgIpc) is 2.54. The van der Waals surface area contributed by atoms with Crippen molar-refractivity contribution < 1.29 is 0 Å². The van der Waals surface area contributed by atoms with Crippen LogP contribution in [0.15, 0.2) is 52.4 Å². The van der Waals surface area contributed by atoms with E-state index in [1.165, 1.54) is 0 Å². The molecule has 1 heterocycles. The van der Waals surface area contributed by atoms with E-state index in [2.05, 4.69) is 16.1 Å². The lowest BCUT2D eigenvalue weighted by atomic mass is 9.92. The van der Waals surface area contributed by atoms with Gasteiger partial charge in [-0.05, 0) is 35.4 Å². The Morgan fingerprint density at radius 3 is 2.52 bits per heavy atom. The van der Waals surface area contributed by atoms with Gasteiger partial charge in [0, 0.05) is 21.5 Å². The Morgan fingerprint density at radius 1 is 1.08 bits per heavy atom. The molecule has 25 heavy (non-hydrogen) atoms. The zero-order chi connectivity index (χ0) is 18.0. The van der Waals surface area contributed by atoms with Crippen LogP contribution in [-0.2, 0) is 6.42 Å². The third-order valence-electron chi connectivity index (χ3n) is 3.85. The predicted octanol–water partition coefficient (Wildman–Crippen LogP) is 4.84. The second kappa shape index (κ2) is 7.45. The fourth-order valence-electron chi connectivity index (χ4n) is 2.69. The Bertz CT molecular complexity index is 915. The SMILES string of the molecule is N#CC1C(N)=NC(Cc2cccc(Cl)c2)=NC1c1ccc(Cl)cc1Cl. The summed E-state index contributed by atoms with van der Waals surface area (Å²) < 4.78 is 0.